The van der Waals surface area contributed by atoms with E-state index in [1.807, 2.05) is 30.3 Å². The molecule has 170 valence electrons. The Morgan fingerprint density at radius 3 is 2.79 bits per heavy atom. The number of amides is 2. The number of hydrogen-bond donors (Lipinski definition) is 3. The summed E-state index contributed by atoms with van der Waals surface area (Å²) in [5, 5.41) is 6.90. The number of carbonyl (C=O) groups is 2. The second-order valence-corrected chi connectivity index (χ2v) is 7.41. The largest absolute Gasteiger partial charge is 0.454 e. The Balaban J connectivity index is 1.38. The number of hydrazone groups is 1. The highest BCUT2D eigenvalue weighted by atomic mass is 35.5. The van der Waals surface area contributed by atoms with E-state index in [-0.39, 0.29) is 19.8 Å². The van der Waals surface area contributed by atoms with Crippen LogP contribution in [0.1, 0.15) is 16.8 Å². The molecular weight excluding hydrogens is 450 g/mol. The quantitative estimate of drug-likeness (QED) is 0.344. The van der Waals surface area contributed by atoms with E-state index in [4.69, 9.17) is 25.8 Å². The number of alkyl carbamates (subject to hydrolysis) is 1. The molecule has 10 nitrogen and oxygen atoms in total. The lowest BCUT2D eigenvalue weighted by molar-refractivity contribution is -0.123. The molecule has 2 heterocycles. The fourth-order valence-electron chi connectivity index (χ4n) is 3.01. The molecule has 0 aliphatic carbocycles. The van der Waals surface area contributed by atoms with Crippen molar-refractivity contribution in [1.82, 2.24) is 20.7 Å². The van der Waals surface area contributed by atoms with Crippen LogP contribution < -0.4 is 20.2 Å². The first-order valence-electron chi connectivity index (χ1n) is 9.95. The van der Waals surface area contributed by atoms with Crippen LogP contribution in [0.5, 0.6) is 11.5 Å². The van der Waals surface area contributed by atoms with Crippen molar-refractivity contribution < 1.29 is 23.8 Å². The molecule has 0 saturated heterocycles. The molecular formula is C22H20ClN5O5. The molecule has 11 heteroatoms. The molecule has 1 aromatic heterocycles. The van der Waals surface area contributed by atoms with Gasteiger partial charge in [0.2, 0.25) is 6.79 Å². The van der Waals surface area contributed by atoms with Gasteiger partial charge in [-0.05, 0) is 11.6 Å². The summed E-state index contributed by atoms with van der Waals surface area (Å²) in [5.41, 5.74) is 4.42. The normalized spacial score (nSPS) is 13.0. The fraction of sp³-hybridized carbons (Fsp3) is 0.182. The lowest BCUT2D eigenvalue weighted by Gasteiger charge is -2.16. The molecule has 0 radical (unpaired) electrons. The summed E-state index contributed by atoms with van der Waals surface area (Å²) < 4.78 is 15.8. The van der Waals surface area contributed by atoms with Gasteiger partial charge in [-0.1, -0.05) is 41.9 Å². The third-order valence-corrected chi connectivity index (χ3v) is 5.00. The zero-order chi connectivity index (χ0) is 23.0. The SMILES string of the molecule is O=C(N[C@@H](Cc1cnc[nH]1)C(=O)N/N=C\c1cc2c(cc1Cl)OCO2)OCc1ccccc1. The highest BCUT2D eigenvalue weighted by Gasteiger charge is 2.23. The summed E-state index contributed by atoms with van der Waals surface area (Å²) in [7, 11) is 0. The highest BCUT2D eigenvalue weighted by molar-refractivity contribution is 6.33. The highest BCUT2D eigenvalue weighted by Crippen LogP contribution is 2.36. The Hall–Kier alpha value is -4.05. The summed E-state index contributed by atoms with van der Waals surface area (Å²) in [4.78, 5) is 31.9. The monoisotopic (exact) mass is 469 g/mol. The van der Waals surface area contributed by atoms with Crippen LogP contribution in [0.25, 0.3) is 0 Å². The predicted molar refractivity (Wildman–Crippen MR) is 119 cm³/mol. The number of benzene rings is 2. The number of halogens is 1. The number of ether oxygens (including phenoxy) is 3. The van der Waals surface area contributed by atoms with E-state index in [9.17, 15) is 9.59 Å². The third-order valence-electron chi connectivity index (χ3n) is 4.67. The van der Waals surface area contributed by atoms with Crippen LogP contribution >= 0.6 is 11.6 Å². The molecule has 1 aliphatic rings. The van der Waals surface area contributed by atoms with Crippen molar-refractivity contribution in [2.45, 2.75) is 19.1 Å². The predicted octanol–water partition coefficient (Wildman–Crippen LogP) is 2.78. The average Bonchev–Trinajstić information content (AvgIpc) is 3.49. The van der Waals surface area contributed by atoms with E-state index in [1.54, 1.807) is 18.3 Å². The molecule has 0 spiro atoms. The van der Waals surface area contributed by atoms with Gasteiger partial charge in [0, 0.05) is 29.9 Å². The zero-order valence-corrected chi connectivity index (χ0v) is 18.0. The summed E-state index contributed by atoms with van der Waals surface area (Å²) in [6.07, 6.45) is 3.85. The minimum atomic E-state index is -0.960. The minimum absolute atomic E-state index is 0.0752. The van der Waals surface area contributed by atoms with Gasteiger partial charge in [0.05, 0.1) is 17.6 Å². The van der Waals surface area contributed by atoms with Gasteiger partial charge in [0.1, 0.15) is 12.6 Å². The molecule has 0 bridgehead atoms. The van der Waals surface area contributed by atoms with Crippen LogP contribution in [0.2, 0.25) is 5.02 Å². The minimum Gasteiger partial charge on any atom is -0.454 e. The Morgan fingerprint density at radius 1 is 1.24 bits per heavy atom. The first-order valence-corrected chi connectivity index (χ1v) is 10.3. The van der Waals surface area contributed by atoms with Crippen molar-refractivity contribution >= 4 is 29.8 Å². The average molecular weight is 470 g/mol. The van der Waals surface area contributed by atoms with Gasteiger partial charge in [0.15, 0.2) is 11.5 Å². The Morgan fingerprint density at radius 2 is 2.03 bits per heavy atom. The number of nitrogens with zero attached hydrogens (tertiary/aromatic N) is 2. The topological polar surface area (TPSA) is 127 Å². The van der Waals surface area contributed by atoms with Crippen LogP contribution in [0, 0.1) is 0 Å². The van der Waals surface area contributed by atoms with E-state index in [0.29, 0.717) is 27.8 Å². The number of aromatic nitrogens is 2. The van der Waals surface area contributed by atoms with Crippen LogP contribution in [0.4, 0.5) is 4.79 Å². The number of aromatic amines is 1. The van der Waals surface area contributed by atoms with Gasteiger partial charge in [0.25, 0.3) is 5.91 Å². The van der Waals surface area contributed by atoms with Crippen LogP contribution in [-0.4, -0.2) is 41.0 Å². The maximum Gasteiger partial charge on any atom is 0.408 e. The number of H-pyrrole nitrogens is 1. The molecule has 2 amide bonds. The first-order chi connectivity index (χ1) is 16.1. The Labute approximate surface area is 193 Å². The molecule has 2 aromatic carbocycles. The molecule has 0 fully saturated rings. The van der Waals surface area contributed by atoms with Gasteiger partial charge in [-0.15, -0.1) is 0 Å². The van der Waals surface area contributed by atoms with Crippen molar-refractivity contribution in [1.29, 1.82) is 0 Å². The number of nitrogens with one attached hydrogen (secondary N) is 3. The third kappa shape index (κ3) is 6.01. The summed E-state index contributed by atoms with van der Waals surface area (Å²) >= 11 is 6.21. The summed E-state index contributed by atoms with van der Waals surface area (Å²) in [6, 6.07) is 11.5. The summed E-state index contributed by atoms with van der Waals surface area (Å²) in [5.74, 6) is 0.528. The van der Waals surface area contributed by atoms with Crippen LogP contribution in [0.3, 0.4) is 0 Å². The van der Waals surface area contributed by atoms with Crippen LogP contribution in [-0.2, 0) is 22.6 Å². The summed E-state index contributed by atoms with van der Waals surface area (Å²) in [6.45, 7) is 0.191. The number of carbonyl (C=O) groups excluding carboxylic acids is 2. The van der Waals surface area contributed by atoms with Crippen molar-refractivity contribution in [3.8, 4) is 11.5 Å². The van der Waals surface area contributed by atoms with E-state index >= 15 is 0 Å². The lowest BCUT2D eigenvalue weighted by Crippen LogP contribution is -2.47. The standard InChI is InChI=1S/C22H20ClN5O5/c23-17-8-20-19(32-13-33-20)6-15(17)9-26-28-21(29)18(7-16-10-24-12-25-16)27-22(30)31-11-14-4-2-1-3-5-14/h1-6,8-10,12,18H,7,11,13H2,(H,24,25)(H,27,30)(H,28,29)/b26-9-/t18-/m0/s1. The Bertz CT molecular complexity index is 1140. The van der Waals surface area contributed by atoms with Crippen molar-refractivity contribution in [2.75, 3.05) is 6.79 Å². The maximum atomic E-state index is 12.7. The van der Waals surface area contributed by atoms with E-state index in [0.717, 1.165) is 5.56 Å². The molecule has 0 saturated carbocycles. The molecule has 3 aromatic rings. The van der Waals surface area contributed by atoms with Crippen molar-refractivity contribution in [3.05, 3.63) is 76.8 Å². The second kappa shape index (κ2) is 10.5. The number of rotatable bonds is 8. The number of hydrogen-bond acceptors (Lipinski definition) is 7. The van der Waals surface area contributed by atoms with Gasteiger partial charge >= 0.3 is 6.09 Å². The maximum absolute atomic E-state index is 12.7. The number of fused-ring (bicyclic) bond motifs is 1. The molecule has 1 atom stereocenters. The first kappa shape index (κ1) is 22.2. The van der Waals surface area contributed by atoms with E-state index in [1.165, 1.54) is 12.5 Å². The van der Waals surface area contributed by atoms with Gasteiger partial charge in [-0.25, -0.2) is 15.2 Å². The number of imidazole rings is 1. The van der Waals surface area contributed by atoms with Gasteiger partial charge < -0.3 is 24.5 Å². The molecule has 4 rings (SSSR count). The lowest BCUT2D eigenvalue weighted by atomic mass is 10.1. The van der Waals surface area contributed by atoms with Crippen LogP contribution in [0.15, 0.2) is 60.1 Å². The molecule has 1 aliphatic heterocycles. The van der Waals surface area contributed by atoms with Gasteiger partial charge in [-0.3, -0.25) is 4.79 Å². The molecule has 33 heavy (non-hydrogen) atoms. The molecule has 3 N–H and O–H groups in total. The van der Waals surface area contributed by atoms with E-state index in [2.05, 4.69) is 25.8 Å². The van der Waals surface area contributed by atoms with Crippen molar-refractivity contribution in [2.24, 2.45) is 5.10 Å². The fourth-order valence-corrected chi connectivity index (χ4v) is 3.21. The van der Waals surface area contributed by atoms with E-state index < -0.39 is 18.0 Å². The zero-order valence-electron chi connectivity index (χ0n) is 17.3. The second-order valence-electron chi connectivity index (χ2n) is 7.00. The molecule has 0 unspecified atom stereocenters. The Kier molecular flexibility index (Phi) is 7.06. The van der Waals surface area contributed by atoms with Gasteiger partial charge in [-0.2, -0.15) is 5.10 Å². The van der Waals surface area contributed by atoms with Crippen molar-refractivity contribution in [3.63, 3.8) is 0 Å². The smallest absolute Gasteiger partial charge is 0.408 e.